The van der Waals surface area contributed by atoms with Gasteiger partial charge in [-0.05, 0) is 31.5 Å². The molecule has 0 aliphatic carbocycles. The van der Waals surface area contributed by atoms with E-state index in [1.165, 1.54) is 0 Å². The maximum absolute atomic E-state index is 11.5. The summed E-state index contributed by atoms with van der Waals surface area (Å²) in [6.45, 7) is 3.57. The summed E-state index contributed by atoms with van der Waals surface area (Å²) in [7, 11) is 0. The van der Waals surface area contributed by atoms with Gasteiger partial charge in [0.05, 0.1) is 6.42 Å². The van der Waals surface area contributed by atoms with Gasteiger partial charge in [0, 0.05) is 11.7 Å². The van der Waals surface area contributed by atoms with Gasteiger partial charge in [-0.25, -0.2) is 4.79 Å². The number of carboxylic acid groups (broad SMARTS) is 1. The number of hydrogen-bond acceptors (Lipinski definition) is 2. The number of carbonyl (C=O) groups excluding carboxylic acids is 1. The van der Waals surface area contributed by atoms with Crippen LogP contribution in [-0.2, 0) is 4.79 Å². The molecule has 17 heavy (non-hydrogen) atoms. The number of anilines is 1. The molecule has 3 N–H and O–H groups in total. The van der Waals surface area contributed by atoms with E-state index < -0.39 is 18.0 Å². The minimum atomic E-state index is -0.937. The van der Waals surface area contributed by atoms with Gasteiger partial charge in [0.25, 0.3) is 0 Å². The molecule has 0 saturated carbocycles. The first-order valence-electron chi connectivity index (χ1n) is 5.33. The Balaban J connectivity index is 2.47. The van der Waals surface area contributed by atoms with Crippen molar-refractivity contribution in [3.05, 3.63) is 29.8 Å². The zero-order chi connectivity index (χ0) is 12.8. The molecule has 0 saturated heterocycles. The van der Waals surface area contributed by atoms with E-state index >= 15 is 0 Å². The Morgan fingerprint density at radius 1 is 1.41 bits per heavy atom. The van der Waals surface area contributed by atoms with Gasteiger partial charge in [0.1, 0.15) is 0 Å². The van der Waals surface area contributed by atoms with Crippen molar-refractivity contribution in [3.63, 3.8) is 0 Å². The van der Waals surface area contributed by atoms with Crippen molar-refractivity contribution in [2.24, 2.45) is 0 Å². The number of aliphatic carboxylic acids is 1. The number of carbonyl (C=O) groups is 2. The lowest BCUT2D eigenvalue weighted by Gasteiger charge is -2.12. The second kappa shape index (κ2) is 5.89. The van der Waals surface area contributed by atoms with Gasteiger partial charge in [0.2, 0.25) is 0 Å². The lowest BCUT2D eigenvalue weighted by molar-refractivity contribution is -0.137. The molecule has 0 spiro atoms. The molecule has 2 amide bonds. The van der Waals surface area contributed by atoms with Gasteiger partial charge in [0.15, 0.2) is 0 Å². The number of amides is 2. The molecule has 0 aliphatic heterocycles. The van der Waals surface area contributed by atoms with Gasteiger partial charge in [-0.1, -0.05) is 12.1 Å². The highest BCUT2D eigenvalue weighted by atomic mass is 16.4. The van der Waals surface area contributed by atoms with Crippen LogP contribution >= 0.6 is 0 Å². The monoisotopic (exact) mass is 236 g/mol. The first-order chi connectivity index (χ1) is 7.97. The summed E-state index contributed by atoms with van der Waals surface area (Å²) in [5.74, 6) is -0.937. The first kappa shape index (κ1) is 13.0. The van der Waals surface area contributed by atoms with Gasteiger partial charge < -0.3 is 15.7 Å². The Kier molecular flexibility index (Phi) is 4.51. The SMILES string of the molecule is Cc1cccc(NC(=O)NC(C)CC(=O)O)c1. The fourth-order valence-corrected chi connectivity index (χ4v) is 1.43. The van der Waals surface area contributed by atoms with E-state index in [2.05, 4.69) is 10.6 Å². The average Bonchev–Trinajstić information content (AvgIpc) is 2.14. The minimum Gasteiger partial charge on any atom is -0.481 e. The van der Waals surface area contributed by atoms with Crippen molar-refractivity contribution in [1.29, 1.82) is 0 Å². The lowest BCUT2D eigenvalue weighted by atomic mass is 10.2. The summed E-state index contributed by atoms with van der Waals surface area (Å²) >= 11 is 0. The standard InChI is InChI=1S/C12H16N2O3/c1-8-4-3-5-10(6-8)14-12(17)13-9(2)7-11(15)16/h3-6,9H,7H2,1-2H3,(H,15,16)(H2,13,14,17). The molecule has 0 aliphatic rings. The Labute approximate surface area is 99.8 Å². The molecule has 0 bridgehead atoms. The predicted octanol–water partition coefficient (Wildman–Crippen LogP) is 1.98. The van der Waals surface area contributed by atoms with E-state index in [0.717, 1.165) is 5.56 Å². The Bertz CT molecular complexity index is 418. The van der Waals surface area contributed by atoms with E-state index in [4.69, 9.17) is 5.11 Å². The molecular weight excluding hydrogens is 220 g/mol. The molecule has 1 atom stereocenters. The number of aryl methyl sites for hydroxylation is 1. The van der Waals surface area contributed by atoms with Crippen molar-refractivity contribution in [3.8, 4) is 0 Å². The van der Waals surface area contributed by atoms with Crippen LogP contribution in [0.3, 0.4) is 0 Å². The number of urea groups is 1. The van der Waals surface area contributed by atoms with Crippen LogP contribution in [0.4, 0.5) is 10.5 Å². The fraction of sp³-hybridized carbons (Fsp3) is 0.333. The smallest absolute Gasteiger partial charge is 0.319 e. The molecule has 0 aromatic heterocycles. The number of hydrogen-bond donors (Lipinski definition) is 3. The maximum atomic E-state index is 11.5. The van der Waals surface area contributed by atoms with Crippen molar-refractivity contribution in [1.82, 2.24) is 5.32 Å². The second-order valence-electron chi connectivity index (χ2n) is 3.97. The summed E-state index contributed by atoms with van der Waals surface area (Å²) in [5.41, 5.74) is 1.73. The second-order valence-corrected chi connectivity index (χ2v) is 3.97. The Hall–Kier alpha value is -2.04. The van der Waals surface area contributed by atoms with Crippen molar-refractivity contribution in [2.75, 3.05) is 5.32 Å². The molecule has 1 aromatic rings. The number of rotatable bonds is 4. The number of nitrogens with one attached hydrogen (secondary N) is 2. The van der Waals surface area contributed by atoms with Crippen LogP contribution in [0.1, 0.15) is 18.9 Å². The maximum Gasteiger partial charge on any atom is 0.319 e. The van der Waals surface area contributed by atoms with Crippen LogP contribution in [-0.4, -0.2) is 23.1 Å². The van der Waals surface area contributed by atoms with Crippen LogP contribution < -0.4 is 10.6 Å². The van der Waals surface area contributed by atoms with E-state index in [-0.39, 0.29) is 6.42 Å². The topological polar surface area (TPSA) is 78.4 Å². The highest BCUT2D eigenvalue weighted by Crippen LogP contribution is 2.09. The van der Waals surface area contributed by atoms with Crippen LogP contribution in [0.15, 0.2) is 24.3 Å². The Morgan fingerprint density at radius 3 is 2.71 bits per heavy atom. The molecule has 1 aromatic carbocycles. The lowest BCUT2D eigenvalue weighted by Crippen LogP contribution is -2.37. The summed E-state index contributed by atoms with van der Waals surface area (Å²) < 4.78 is 0. The molecule has 0 fully saturated rings. The molecule has 1 rings (SSSR count). The zero-order valence-electron chi connectivity index (χ0n) is 9.86. The van der Waals surface area contributed by atoms with Gasteiger partial charge in [-0.2, -0.15) is 0 Å². The van der Waals surface area contributed by atoms with E-state index in [1.807, 2.05) is 25.1 Å². The summed E-state index contributed by atoms with van der Waals surface area (Å²) in [6, 6.07) is 6.57. The summed E-state index contributed by atoms with van der Waals surface area (Å²) in [4.78, 5) is 21.9. The largest absolute Gasteiger partial charge is 0.481 e. The highest BCUT2D eigenvalue weighted by Gasteiger charge is 2.10. The zero-order valence-corrected chi connectivity index (χ0v) is 9.86. The molecule has 1 unspecified atom stereocenters. The van der Waals surface area contributed by atoms with E-state index in [1.54, 1.807) is 13.0 Å². The van der Waals surface area contributed by atoms with Crippen molar-refractivity contribution < 1.29 is 14.7 Å². The summed E-state index contributed by atoms with van der Waals surface area (Å²) in [6.07, 6.45) is -0.0960. The molecule has 5 heteroatoms. The van der Waals surface area contributed by atoms with E-state index in [0.29, 0.717) is 5.69 Å². The van der Waals surface area contributed by atoms with Gasteiger partial charge >= 0.3 is 12.0 Å². The van der Waals surface area contributed by atoms with E-state index in [9.17, 15) is 9.59 Å². The van der Waals surface area contributed by atoms with Crippen molar-refractivity contribution >= 4 is 17.7 Å². The molecular formula is C12H16N2O3. The number of benzene rings is 1. The molecule has 0 radical (unpaired) electrons. The molecule has 92 valence electrons. The van der Waals surface area contributed by atoms with Gasteiger partial charge in [-0.3, -0.25) is 4.79 Å². The van der Waals surface area contributed by atoms with Crippen LogP contribution in [0.2, 0.25) is 0 Å². The number of carboxylic acids is 1. The third kappa shape index (κ3) is 5.01. The van der Waals surface area contributed by atoms with Gasteiger partial charge in [-0.15, -0.1) is 0 Å². The minimum absolute atomic E-state index is 0.0960. The van der Waals surface area contributed by atoms with Crippen LogP contribution in [0.5, 0.6) is 0 Å². The fourth-order valence-electron chi connectivity index (χ4n) is 1.43. The molecule has 0 heterocycles. The quantitative estimate of drug-likeness (QED) is 0.748. The van der Waals surface area contributed by atoms with Crippen LogP contribution in [0.25, 0.3) is 0 Å². The van der Waals surface area contributed by atoms with Crippen molar-refractivity contribution in [2.45, 2.75) is 26.3 Å². The normalized spacial score (nSPS) is 11.6. The first-order valence-corrected chi connectivity index (χ1v) is 5.33. The summed E-state index contributed by atoms with van der Waals surface area (Å²) in [5, 5.41) is 13.7. The Morgan fingerprint density at radius 2 is 2.12 bits per heavy atom. The third-order valence-corrected chi connectivity index (χ3v) is 2.13. The molecule has 5 nitrogen and oxygen atoms in total. The third-order valence-electron chi connectivity index (χ3n) is 2.13. The van der Waals surface area contributed by atoms with Crippen LogP contribution in [0, 0.1) is 6.92 Å². The highest BCUT2D eigenvalue weighted by molar-refractivity contribution is 5.89. The predicted molar refractivity (Wildman–Crippen MR) is 65.0 cm³/mol. The average molecular weight is 236 g/mol.